The van der Waals surface area contributed by atoms with Crippen molar-refractivity contribution in [2.75, 3.05) is 0 Å². The Morgan fingerprint density at radius 3 is 2.62 bits per heavy atom. The molecule has 3 rings (SSSR count). The predicted octanol–water partition coefficient (Wildman–Crippen LogP) is 3.95. The van der Waals surface area contributed by atoms with Gasteiger partial charge in [-0.1, -0.05) is 12.1 Å². The molecule has 0 atom stereocenters. The number of hydrogen-bond acceptors (Lipinski definition) is 3. The van der Waals surface area contributed by atoms with E-state index in [1.54, 1.807) is 24.4 Å². The number of nitrogens with zero attached hydrogens (tertiary/aromatic N) is 1. The van der Waals surface area contributed by atoms with Crippen molar-refractivity contribution in [2.45, 2.75) is 13.8 Å². The molecule has 0 aliphatic heterocycles. The Kier molecular flexibility index (Phi) is 3.14. The molecule has 0 saturated heterocycles. The van der Waals surface area contributed by atoms with Crippen molar-refractivity contribution in [3.8, 4) is 11.6 Å². The lowest BCUT2D eigenvalue weighted by atomic mass is 10.1. The fourth-order valence-electron chi connectivity index (χ4n) is 2.43. The van der Waals surface area contributed by atoms with Crippen LogP contribution < -0.4 is 0 Å². The number of hydrogen-bond donors (Lipinski definition) is 3. The Morgan fingerprint density at radius 1 is 1.05 bits per heavy atom. The van der Waals surface area contributed by atoms with Crippen LogP contribution in [0.4, 0.5) is 5.69 Å². The third kappa shape index (κ3) is 2.36. The fraction of sp³-hybridized carbons (Fsp3) is 0.118. The summed E-state index contributed by atoms with van der Waals surface area (Å²) < 4.78 is 0. The van der Waals surface area contributed by atoms with Gasteiger partial charge in [0.1, 0.15) is 5.75 Å². The van der Waals surface area contributed by atoms with E-state index in [2.05, 4.69) is 9.98 Å². The Labute approximate surface area is 122 Å². The average molecular weight is 280 g/mol. The smallest absolute Gasteiger partial charge is 0.198 e. The average Bonchev–Trinajstić information content (AvgIpc) is 2.77. The molecule has 1 heterocycles. The number of benzene rings is 2. The molecule has 0 aliphatic carbocycles. The van der Waals surface area contributed by atoms with E-state index in [9.17, 15) is 10.2 Å². The highest BCUT2D eigenvalue weighted by Gasteiger charge is 2.10. The maximum Gasteiger partial charge on any atom is 0.198 e. The first-order valence-electron chi connectivity index (χ1n) is 6.70. The third-order valence-corrected chi connectivity index (χ3v) is 3.57. The third-order valence-electron chi connectivity index (χ3n) is 3.57. The Balaban J connectivity index is 2.07. The van der Waals surface area contributed by atoms with Crippen LogP contribution >= 0.6 is 0 Å². The SMILES string of the molecule is Cc1cc(N=Cc2c(O)[nH]c3cccc(C)c23)ccc1O. The molecule has 0 aliphatic rings. The molecule has 0 unspecified atom stereocenters. The maximum atomic E-state index is 10.0. The molecule has 0 bridgehead atoms. The second-order valence-corrected chi connectivity index (χ2v) is 5.11. The summed E-state index contributed by atoms with van der Waals surface area (Å²) in [6.07, 6.45) is 1.65. The first-order valence-corrected chi connectivity index (χ1v) is 6.70. The van der Waals surface area contributed by atoms with E-state index >= 15 is 0 Å². The summed E-state index contributed by atoms with van der Waals surface area (Å²) in [5.41, 5.74) is 4.13. The zero-order valence-electron chi connectivity index (χ0n) is 11.9. The standard InChI is InChI=1S/C17H16N2O2/c1-10-4-3-5-14-16(10)13(17(21)19-14)9-18-12-6-7-15(20)11(2)8-12/h3-9,19-21H,1-2H3. The van der Waals surface area contributed by atoms with Gasteiger partial charge in [-0.25, -0.2) is 0 Å². The van der Waals surface area contributed by atoms with Crippen molar-refractivity contribution in [1.82, 2.24) is 4.98 Å². The van der Waals surface area contributed by atoms with E-state index in [1.807, 2.05) is 32.0 Å². The van der Waals surface area contributed by atoms with Crippen molar-refractivity contribution in [3.63, 3.8) is 0 Å². The molecular weight excluding hydrogens is 264 g/mol. The number of aryl methyl sites for hydroxylation is 2. The molecule has 106 valence electrons. The van der Waals surface area contributed by atoms with Gasteiger partial charge < -0.3 is 15.2 Å². The van der Waals surface area contributed by atoms with Crippen molar-refractivity contribution in [1.29, 1.82) is 0 Å². The molecule has 3 aromatic rings. The summed E-state index contributed by atoms with van der Waals surface area (Å²) in [6, 6.07) is 11.0. The monoisotopic (exact) mass is 280 g/mol. The fourth-order valence-corrected chi connectivity index (χ4v) is 2.43. The summed E-state index contributed by atoms with van der Waals surface area (Å²) in [5.74, 6) is 0.360. The van der Waals surface area contributed by atoms with Crippen LogP contribution in [0.1, 0.15) is 16.7 Å². The number of rotatable bonds is 2. The summed E-state index contributed by atoms with van der Waals surface area (Å²) in [5, 5.41) is 20.5. The van der Waals surface area contributed by atoms with Gasteiger partial charge in [-0.3, -0.25) is 4.99 Å². The van der Waals surface area contributed by atoms with Gasteiger partial charge in [-0.15, -0.1) is 0 Å². The van der Waals surface area contributed by atoms with Gasteiger partial charge in [0.25, 0.3) is 0 Å². The lowest BCUT2D eigenvalue weighted by Crippen LogP contribution is -1.82. The molecule has 0 fully saturated rings. The molecule has 1 aromatic heterocycles. The second-order valence-electron chi connectivity index (χ2n) is 5.11. The number of aromatic hydroxyl groups is 2. The molecule has 3 N–H and O–H groups in total. The number of phenols is 1. The highest BCUT2D eigenvalue weighted by atomic mass is 16.3. The molecule has 0 radical (unpaired) electrons. The van der Waals surface area contributed by atoms with Crippen LogP contribution in [0.5, 0.6) is 11.6 Å². The van der Waals surface area contributed by atoms with Crippen LogP contribution in [0, 0.1) is 13.8 Å². The van der Waals surface area contributed by atoms with Crippen molar-refractivity contribution in [3.05, 3.63) is 53.1 Å². The maximum absolute atomic E-state index is 10.0. The van der Waals surface area contributed by atoms with Gasteiger partial charge in [0.15, 0.2) is 5.88 Å². The molecule has 2 aromatic carbocycles. The minimum Gasteiger partial charge on any atom is -0.508 e. The largest absolute Gasteiger partial charge is 0.508 e. The van der Waals surface area contributed by atoms with Crippen molar-refractivity contribution in [2.24, 2.45) is 4.99 Å². The van der Waals surface area contributed by atoms with Gasteiger partial charge >= 0.3 is 0 Å². The van der Waals surface area contributed by atoms with Gasteiger partial charge in [0.05, 0.1) is 11.3 Å². The van der Waals surface area contributed by atoms with Gasteiger partial charge in [0.2, 0.25) is 0 Å². The van der Waals surface area contributed by atoms with Crippen LogP contribution in [-0.2, 0) is 0 Å². The van der Waals surface area contributed by atoms with Crippen LogP contribution in [0.3, 0.4) is 0 Å². The normalized spacial score (nSPS) is 11.5. The molecule has 0 amide bonds. The van der Waals surface area contributed by atoms with Crippen LogP contribution in [-0.4, -0.2) is 21.4 Å². The molecule has 0 spiro atoms. The Bertz CT molecular complexity index is 847. The minimum absolute atomic E-state index is 0.110. The summed E-state index contributed by atoms with van der Waals surface area (Å²) >= 11 is 0. The molecule has 4 nitrogen and oxygen atoms in total. The lowest BCUT2D eigenvalue weighted by molar-refractivity contribution is 0.457. The summed E-state index contributed by atoms with van der Waals surface area (Å²) in [4.78, 5) is 7.34. The zero-order chi connectivity index (χ0) is 15.0. The van der Waals surface area contributed by atoms with Gasteiger partial charge in [-0.05, 0) is 49.2 Å². The van der Waals surface area contributed by atoms with Crippen LogP contribution in [0.15, 0.2) is 41.4 Å². The van der Waals surface area contributed by atoms with Crippen molar-refractivity contribution < 1.29 is 10.2 Å². The zero-order valence-corrected chi connectivity index (χ0v) is 11.9. The number of aromatic amines is 1. The quantitative estimate of drug-likeness (QED) is 0.622. The number of fused-ring (bicyclic) bond motifs is 1. The summed E-state index contributed by atoms with van der Waals surface area (Å²) in [6.45, 7) is 3.82. The van der Waals surface area contributed by atoms with Crippen molar-refractivity contribution >= 4 is 22.8 Å². The lowest BCUT2D eigenvalue weighted by Gasteiger charge is -2.00. The van der Waals surface area contributed by atoms with Gasteiger partial charge in [0, 0.05) is 17.1 Å². The van der Waals surface area contributed by atoms with Crippen LogP contribution in [0.25, 0.3) is 10.9 Å². The molecule has 0 saturated carbocycles. The first-order chi connectivity index (χ1) is 10.1. The Hall–Kier alpha value is -2.75. The molecule has 21 heavy (non-hydrogen) atoms. The number of nitrogens with one attached hydrogen (secondary N) is 1. The van der Waals surface area contributed by atoms with E-state index in [0.29, 0.717) is 5.56 Å². The molecular formula is C17H16N2O2. The highest BCUT2D eigenvalue weighted by molar-refractivity contribution is 6.04. The van der Waals surface area contributed by atoms with Gasteiger partial charge in [-0.2, -0.15) is 0 Å². The van der Waals surface area contributed by atoms with E-state index in [0.717, 1.165) is 27.7 Å². The van der Waals surface area contributed by atoms with Crippen LogP contribution in [0.2, 0.25) is 0 Å². The highest BCUT2D eigenvalue weighted by Crippen LogP contribution is 2.29. The number of aromatic nitrogens is 1. The number of H-pyrrole nitrogens is 1. The Morgan fingerprint density at radius 2 is 1.86 bits per heavy atom. The molecule has 4 heteroatoms. The predicted molar refractivity (Wildman–Crippen MR) is 84.8 cm³/mol. The van der Waals surface area contributed by atoms with E-state index < -0.39 is 0 Å². The number of aliphatic imine (C=N–C) groups is 1. The number of phenolic OH excluding ortho intramolecular Hbond substituents is 1. The topological polar surface area (TPSA) is 68.6 Å². The van der Waals surface area contributed by atoms with E-state index in [1.165, 1.54) is 0 Å². The first kappa shape index (κ1) is 13.2. The van der Waals surface area contributed by atoms with E-state index in [-0.39, 0.29) is 11.6 Å². The van der Waals surface area contributed by atoms with E-state index in [4.69, 9.17) is 0 Å². The second kappa shape index (κ2) is 4.98. The minimum atomic E-state index is 0.110. The summed E-state index contributed by atoms with van der Waals surface area (Å²) in [7, 11) is 0.